The van der Waals surface area contributed by atoms with E-state index in [1.807, 2.05) is 36.4 Å². The molecule has 0 saturated carbocycles. The van der Waals surface area contributed by atoms with Crippen molar-refractivity contribution in [3.05, 3.63) is 107 Å². The molecule has 0 bridgehead atoms. The lowest BCUT2D eigenvalue weighted by atomic mass is 10.0. The first-order valence-corrected chi connectivity index (χ1v) is 11.6. The lowest BCUT2D eigenvalue weighted by molar-refractivity contribution is -0.112. The van der Waals surface area contributed by atoms with Crippen LogP contribution in [0.2, 0.25) is 0 Å². The number of nitrogens with one attached hydrogen (secondary N) is 1. The van der Waals surface area contributed by atoms with Gasteiger partial charge in [0.15, 0.2) is 11.5 Å². The first kappa shape index (κ1) is 25.7. The van der Waals surface area contributed by atoms with Gasteiger partial charge in [0.1, 0.15) is 11.6 Å². The second-order valence-corrected chi connectivity index (χ2v) is 8.06. The van der Waals surface area contributed by atoms with Gasteiger partial charge in [-0.2, -0.15) is 5.26 Å². The molecule has 0 fully saturated rings. The van der Waals surface area contributed by atoms with Crippen LogP contribution in [0.3, 0.4) is 0 Å². The van der Waals surface area contributed by atoms with E-state index in [1.54, 1.807) is 31.2 Å². The smallest absolute Gasteiger partial charge is 0.344 e. The summed E-state index contributed by atoms with van der Waals surface area (Å²) in [5.74, 6) is -1.82. The summed E-state index contributed by atoms with van der Waals surface area (Å²) in [5.41, 5.74) is 1.12. The summed E-state index contributed by atoms with van der Waals surface area (Å²) in [6.45, 7) is 2.08. The number of anilines is 1. The van der Waals surface area contributed by atoms with Crippen molar-refractivity contribution in [1.82, 2.24) is 0 Å². The highest BCUT2D eigenvalue weighted by atomic mass is 16.6. The summed E-state index contributed by atoms with van der Waals surface area (Å²) in [5, 5.41) is 22.8. The lowest BCUT2D eigenvalue weighted by Gasteiger charge is -2.12. The maximum Gasteiger partial charge on any atom is 0.344 e. The fourth-order valence-electron chi connectivity index (χ4n) is 3.74. The Morgan fingerprint density at radius 2 is 1.68 bits per heavy atom. The quantitative estimate of drug-likeness (QED) is 0.136. The van der Waals surface area contributed by atoms with E-state index in [-0.39, 0.29) is 22.6 Å². The third-order valence-corrected chi connectivity index (χ3v) is 5.55. The first-order chi connectivity index (χ1) is 18.4. The second-order valence-electron chi connectivity index (χ2n) is 8.06. The van der Waals surface area contributed by atoms with E-state index in [4.69, 9.17) is 14.6 Å². The van der Waals surface area contributed by atoms with Gasteiger partial charge >= 0.3 is 11.9 Å². The molecule has 188 valence electrons. The number of carbonyl (C=O) groups excluding carboxylic acids is 2. The van der Waals surface area contributed by atoms with Crippen molar-refractivity contribution in [2.75, 3.05) is 11.9 Å². The van der Waals surface area contributed by atoms with Crippen LogP contribution >= 0.6 is 0 Å². The number of rotatable bonds is 8. The van der Waals surface area contributed by atoms with Crippen LogP contribution in [0.4, 0.5) is 5.69 Å². The minimum Gasteiger partial charge on any atom is -0.490 e. The largest absolute Gasteiger partial charge is 0.490 e. The van der Waals surface area contributed by atoms with Gasteiger partial charge in [-0.25, -0.2) is 9.59 Å². The molecule has 0 heterocycles. The number of nitrogens with zero attached hydrogens (tertiary/aromatic N) is 1. The number of hydrogen-bond acceptors (Lipinski definition) is 6. The molecule has 0 aromatic heterocycles. The number of esters is 1. The van der Waals surface area contributed by atoms with Crippen LogP contribution in [0, 0.1) is 11.3 Å². The molecule has 0 radical (unpaired) electrons. The molecule has 2 N–H and O–H groups in total. The zero-order chi connectivity index (χ0) is 27.1. The normalized spacial score (nSPS) is 10.9. The number of amides is 1. The van der Waals surface area contributed by atoms with Crippen LogP contribution in [0.25, 0.3) is 16.8 Å². The van der Waals surface area contributed by atoms with Crippen molar-refractivity contribution < 1.29 is 29.0 Å². The standard InChI is InChI=1S/C30H22N2O6/c1-2-37-27-17-19(16-22(18-31)28(33)32-23-13-11-21(12-14-23)29(34)35)10-15-26(27)38-30(36)25-9-5-7-20-6-3-4-8-24(20)25/h3-17H,2H2,1H3,(H,32,33)(H,34,35)/b22-16+. The summed E-state index contributed by atoms with van der Waals surface area (Å²) in [6, 6.07) is 25.0. The Morgan fingerprint density at radius 3 is 2.39 bits per heavy atom. The van der Waals surface area contributed by atoms with Crippen LogP contribution in [0.1, 0.15) is 33.2 Å². The summed E-state index contributed by atoms with van der Waals surface area (Å²) in [7, 11) is 0. The van der Waals surface area contributed by atoms with Crippen molar-refractivity contribution in [3.8, 4) is 17.6 Å². The highest BCUT2D eigenvalue weighted by molar-refractivity contribution is 6.10. The van der Waals surface area contributed by atoms with Gasteiger partial charge in [0.2, 0.25) is 0 Å². The Morgan fingerprint density at radius 1 is 0.947 bits per heavy atom. The average Bonchev–Trinajstić information content (AvgIpc) is 2.93. The molecule has 38 heavy (non-hydrogen) atoms. The number of fused-ring (bicyclic) bond motifs is 1. The van der Waals surface area contributed by atoms with Gasteiger partial charge in [0, 0.05) is 5.69 Å². The number of carboxylic acid groups (broad SMARTS) is 1. The molecular formula is C30H22N2O6. The molecular weight excluding hydrogens is 484 g/mol. The van der Waals surface area contributed by atoms with E-state index in [0.717, 1.165) is 10.8 Å². The number of hydrogen-bond donors (Lipinski definition) is 2. The monoisotopic (exact) mass is 506 g/mol. The number of aromatic carboxylic acids is 1. The maximum absolute atomic E-state index is 13.0. The van der Waals surface area contributed by atoms with Crippen molar-refractivity contribution in [2.24, 2.45) is 0 Å². The van der Waals surface area contributed by atoms with Crippen molar-refractivity contribution in [3.63, 3.8) is 0 Å². The van der Waals surface area contributed by atoms with Gasteiger partial charge in [0.05, 0.1) is 17.7 Å². The Kier molecular flexibility index (Phi) is 7.80. The van der Waals surface area contributed by atoms with E-state index in [9.17, 15) is 19.6 Å². The maximum atomic E-state index is 13.0. The second kappa shape index (κ2) is 11.5. The number of ether oxygens (including phenoxy) is 2. The zero-order valence-electron chi connectivity index (χ0n) is 20.3. The predicted molar refractivity (Wildman–Crippen MR) is 142 cm³/mol. The molecule has 4 aromatic carbocycles. The minimum atomic E-state index is -1.09. The Labute approximate surface area is 218 Å². The summed E-state index contributed by atoms with van der Waals surface area (Å²) in [4.78, 5) is 36.6. The average molecular weight is 507 g/mol. The fraction of sp³-hybridized carbons (Fsp3) is 0.0667. The van der Waals surface area contributed by atoms with E-state index in [2.05, 4.69) is 5.32 Å². The van der Waals surface area contributed by atoms with Gasteiger partial charge in [-0.05, 0) is 71.8 Å². The van der Waals surface area contributed by atoms with Gasteiger partial charge in [0.25, 0.3) is 5.91 Å². The highest BCUT2D eigenvalue weighted by Gasteiger charge is 2.16. The molecule has 0 atom stereocenters. The molecule has 0 unspecified atom stereocenters. The molecule has 4 aromatic rings. The fourth-order valence-corrected chi connectivity index (χ4v) is 3.74. The van der Waals surface area contributed by atoms with Gasteiger partial charge in [-0.1, -0.05) is 42.5 Å². The van der Waals surface area contributed by atoms with Crippen molar-refractivity contribution >= 4 is 40.4 Å². The summed E-state index contributed by atoms with van der Waals surface area (Å²) < 4.78 is 11.3. The van der Waals surface area contributed by atoms with Gasteiger partial charge in [-0.3, -0.25) is 4.79 Å². The Bertz CT molecular complexity index is 1590. The molecule has 0 aliphatic carbocycles. The number of carboxylic acids is 1. The van der Waals surface area contributed by atoms with Gasteiger partial charge in [-0.15, -0.1) is 0 Å². The van der Waals surface area contributed by atoms with Crippen LogP contribution in [-0.2, 0) is 4.79 Å². The van der Waals surface area contributed by atoms with E-state index >= 15 is 0 Å². The van der Waals surface area contributed by atoms with E-state index in [0.29, 0.717) is 23.4 Å². The number of carbonyl (C=O) groups is 3. The zero-order valence-corrected chi connectivity index (χ0v) is 20.3. The molecule has 0 aliphatic rings. The Hall–Kier alpha value is -5.42. The van der Waals surface area contributed by atoms with Crippen LogP contribution in [-0.4, -0.2) is 29.6 Å². The lowest BCUT2D eigenvalue weighted by Crippen LogP contribution is -2.13. The van der Waals surface area contributed by atoms with Crippen LogP contribution < -0.4 is 14.8 Å². The minimum absolute atomic E-state index is 0.0729. The molecule has 8 heteroatoms. The van der Waals surface area contributed by atoms with Crippen LogP contribution in [0.15, 0.2) is 90.5 Å². The topological polar surface area (TPSA) is 126 Å². The highest BCUT2D eigenvalue weighted by Crippen LogP contribution is 2.31. The SMILES string of the molecule is CCOc1cc(/C=C(\C#N)C(=O)Nc2ccc(C(=O)O)cc2)ccc1OC(=O)c1cccc2ccccc12. The number of benzene rings is 4. The summed E-state index contributed by atoms with van der Waals surface area (Å²) in [6.07, 6.45) is 1.37. The molecule has 4 rings (SSSR count). The molecule has 1 amide bonds. The van der Waals surface area contributed by atoms with Crippen molar-refractivity contribution in [1.29, 1.82) is 5.26 Å². The molecule has 0 aliphatic heterocycles. The first-order valence-electron chi connectivity index (χ1n) is 11.6. The summed E-state index contributed by atoms with van der Waals surface area (Å²) >= 11 is 0. The van der Waals surface area contributed by atoms with Gasteiger partial charge < -0.3 is 19.9 Å². The third kappa shape index (κ3) is 5.86. The predicted octanol–water partition coefficient (Wildman–Crippen LogP) is 5.70. The van der Waals surface area contributed by atoms with Crippen LogP contribution in [0.5, 0.6) is 11.5 Å². The molecule has 0 saturated heterocycles. The molecule has 8 nitrogen and oxygen atoms in total. The third-order valence-electron chi connectivity index (χ3n) is 5.55. The van der Waals surface area contributed by atoms with Crippen molar-refractivity contribution in [2.45, 2.75) is 6.92 Å². The number of nitriles is 1. The molecule has 0 spiro atoms. The Balaban J connectivity index is 1.56. The van der Waals surface area contributed by atoms with E-state index in [1.165, 1.54) is 36.4 Å². The van der Waals surface area contributed by atoms with E-state index < -0.39 is 17.8 Å².